The van der Waals surface area contributed by atoms with Gasteiger partial charge in [0.1, 0.15) is 0 Å². The van der Waals surface area contributed by atoms with Gasteiger partial charge in [0.15, 0.2) is 6.17 Å². The molecule has 2 aliphatic heterocycles. The number of esters is 1. The third-order valence-electron chi connectivity index (χ3n) is 5.93. The van der Waals surface area contributed by atoms with Crippen LogP contribution in [0.4, 0.5) is 21.9 Å². The monoisotopic (exact) mass is 465 g/mol. The van der Waals surface area contributed by atoms with Crippen LogP contribution in [0.3, 0.4) is 0 Å². The van der Waals surface area contributed by atoms with Crippen molar-refractivity contribution in [2.75, 3.05) is 23.5 Å². The molecule has 10 heteroatoms. The number of rotatable bonds is 7. The number of unbranched alkanes of at least 4 members (excludes halogenated alkanes) is 1. The number of hydrogen-bond donors (Lipinski definition) is 0. The van der Waals surface area contributed by atoms with Crippen LogP contribution in [0.2, 0.25) is 0 Å². The predicted molar refractivity (Wildman–Crippen MR) is 128 cm³/mol. The maximum absolute atomic E-state index is 13.9. The molecule has 34 heavy (non-hydrogen) atoms. The quantitative estimate of drug-likeness (QED) is 0.333. The average Bonchev–Trinajstić information content (AvgIpc) is 3.16. The molecule has 2 aromatic rings. The summed E-state index contributed by atoms with van der Waals surface area (Å²) in [6.07, 6.45) is 0.906. The van der Waals surface area contributed by atoms with Gasteiger partial charge in [-0.05, 0) is 38.5 Å². The lowest BCUT2D eigenvalue weighted by Gasteiger charge is -2.39. The number of guanidine groups is 1. The van der Waals surface area contributed by atoms with Gasteiger partial charge in [-0.2, -0.15) is 0 Å². The average molecular weight is 466 g/mol. The van der Waals surface area contributed by atoms with Gasteiger partial charge in [0.2, 0.25) is 5.96 Å². The van der Waals surface area contributed by atoms with Gasteiger partial charge in [-0.25, -0.2) is 19.5 Å². The Hall–Kier alpha value is -3.95. The zero-order chi connectivity index (χ0) is 24.6. The zero-order valence-electron chi connectivity index (χ0n) is 19.6. The largest absolute Gasteiger partial charge is 0.465 e. The van der Waals surface area contributed by atoms with E-state index < -0.39 is 17.1 Å². The van der Waals surface area contributed by atoms with E-state index in [2.05, 4.69) is 0 Å². The number of carbonyl (C=O) groups excluding carboxylic acids is 2. The number of nitrogens with zero attached hydrogens (tertiary/aromatic N) is 5. The van der Waals surface area contributed by atoms with Crippen LogP contribution in [0.1, 0.15) is 55.7 Å². The minimum atomic E-state index is -0.708. The molecule has 0 saturated carbocycles. The molecule has 2 heterocycles. The van der Waals surface area contributed by atoms with Crippen LogP contribution < -0.4 is 9.80 Å². The van der Waals surface area contributed by atoms with Crippen molar-refractivity contribution in [3.63, 3.8) is 0 Å². The number of carbonyl (C=O) groups is 2. The number of ether oxygens (including phenoxy) is 1. The van der Waals surface area contributed by atoms with Crippen molar-refractivity contribution in [2.45, 2.75) is 45.8 Å². The molecule has 2 amide bonds. The fourth-order valence-electron chi connectivity index (χ4n) is 4.30. The lowest BCUT2D eigenvalue weighted by atomic mass is 10.1. The van der Waals surface area contributed by atoms with Crippen LogP contribution in [0.5, 0.6) is 0 Å². The van der Waals surface area contributed by atoms with Crippen molar-refractivity contribution in [1.82, 2.24) is 4.90 Å². The number of nitro benzene ring substituents is 1. The summed E-state index contributed by atoms with van der Waals surface area (Å²) in [5.74, 6) is -0.0627. The van der Waals surface area contributed by atoms with E-state index in [-0.39, 0.29) is 17.8 Å². The predicted octanol–water partition coefficient (Wildman–Crippen LogP) is 4.71. The van der Waals surface area contributed by atoms with E-state index in [9.17, 15) is 19.7 Å². The standard InChI is InChI=1S/C24H27N5O5/c1-5-6-12-26-21(16-8-7-9-18(13-16)29(32)33)25-23-27(15(2)3)19-11-10-17(22(30)34-4)14-20(19)28(23)24(26)31/h7-11,13-15,21H,5-6,12H2,1-4H3. The Morgan fingerprint density at radius 2 is 1.97 bits per heavy atom. The molecule has 0 aromatic heterocycles. The summed E-state index contributed by atoms with van der Waals surface area (Å²) in [6.45, 7) is 6.43. The lowest BCUT2D eigenvalue weighted by Crippen LogP contribution is -2.55. The fourth-order valence-corrected chi connectivity index (χ4v) is 4.30. The minimum absolute atomic E-state index is 0.0350. The second-order valence-electron chi connectivity index (χ2n) is 8.48. The molecule has 178 valence electrons. The summed E-state index contributed by atoms with van der Waals surface area (Å²) in [6, 6.07) is 11.0. The van der Waals surface area contributed by atoms with E-state index in [0.29, 0.717) is 29.3 Å². The van der Waals surface area contributed by atoms with E-state index in [1.807, 2.05) is 25.7 Å². The number of non-ortho nitro benzene ring substituents is 1. The summed E-state index contributed by atoms with van der Waals surface area (Å²) in [5.41, 5.74) is 2.16. The number of anilines is 2. The van der Waals surface area contributed by atoms with Crippen LogP contribution in [-0.2, 0) is 4.74 Å². The van der Waals surface area contributed by atoms with E-state index in [4.69, 9.17) is 9.73 Å². The second-order valence-corrected chi connectivity index (χ2v) is 8.48. The summed E-state index contributed by atoms with van der Waals surface area (Å²) in [4.78, 5) is 47.0. The van der Waals surface area contributed by atoms with E-state index in [1.54, 1.807) is 35.2 Å². The topological polar surface area (TPSA) is 109 Å². The first-order valence-electron chi connectivity index (χ1n) is 11.2. The van der Waals surface area contributed by atoms with Crippen molar-refractivity contribution in [2.24, 2.45) is 4.99 Å². The van der Waals surface area contributed by atoms with Crippen LogP contribution in [0.15, 0.2) is 47.5 Å². The Bertz CT molecular complexity index is 1180. The lowest BCUT2D eigenvalue weighted by molar-refractivity contribution is -0.384. The van der Waals surface area contributed by atoms with Crippen molar-refractivity contribution in [3.05, 3.63) is 63.7 Å². The van der Waals surface area contributed by atoms with Crippen molar-refractivity contribution in [1.29, 1.82) is 0 Å². The Morgan fingerprint density at radius 1 is 1.21 bits per heavy atom. The van der Waals surface area contributed by atoms with E-state index in [1.165, 1.54) is 24.1 Å². The molecule has 0 N–H and O–H groups in total. The van der Waals surface area contributed by atoms with Crippen LogP contribution in [0.25, 0.3) is 0 Å². The van der Waals surface area contributed by atoms with Crippen LogP contribution in [0, 0.1) is 10.1 Å². The molecule has 4 rings (SSSR count). The van der Waals surface area contributed by atoms with E-state index in [0.717, 1.165) is 18.5 Å². The Balaban J connectivity index is 1.88. The van der Waals surface area contributed by atoms with Gasteiger partial charge in [-0.15, -0.1) is 0 Å². The van der Waals surface area contributed by atoms with Gasteiger partial charge in [0.25, 0.3) is 5.69 Å². The SMILES string of the molecule is CCCCN1C(=O)N2C(=NC1c1cccc([N+](=O)[O-])c1)N(C(C)C)c1ccc(C(=O)OC)cc12. The molecule has 10 nitrogen and oxygen atoms in total. The highest BCUT2D eigenvalue weighted by Crippen LogP contribution is 2.44. The first-order chi connectivity index (χ1) is 16.3. The molecule has 0 spiro atoms. The van der Waals surface area contributed by atoms with Crippen LogP contribution >= 0.6 is 0 Å². The number of aliphatic imine (C=N–C) groups is 1. The molecule has 0 fully saturated rings. The maximum Gasteiger partial charge on any atom is 0.337 e. The molecule has 1 unspecified atom stereocenters. The number of hydrogen-bond acceptors (Lipinski definition) is 7. The summed E-state index contributed by atoms with van der Waals surface area (Å²) in [5, 5.41) is 11.4. The highest BCUT2D eigenvalue weighted by atomic mass is 16.6. The zero-order valence-corrected chi connectivity index (χ0v) is 19.6. The van der Waals surface area contributed by atoms with Gasteiger partial charge in [-0.3, -0.25) is 15.0 Å². The number of benzene rings is 2. The summed E-state index contributed by atoms with van der Waals surface area (Å²) >= 11 is 0. The first kappa shape index (κ1) is 23.2. The number of methoxy groups -OCH3 is 1. The number of amides is 2. The summed E-state index contributed by atoms with van der Waals surface area (Å²) < 4.78 is 4.86. The molecule has 0 aliphatic carbocycles. The highest BCUT2D eigenvalue weighted by molar-refractivity contribution is 6.29. The fraction of sp³-hybridized carbons (Fsp3) is 0.375. The molecular weight excluding hydrogens is 438 g/mol. The number of nitro groups is 1. The second kappa shape index (κ2) is 9.12. The first-order valence-corrected chi connectivity index (χ1v) is 11.2. The smallest absolute Gasteiger partial charge is 0.337 e. The summed E-state index contributed by atoms with van der Waals surface area (Å²) in [7, 11) is 1.31. The molecule has 1 atom stereocenters. The molecular formula is C24H27N5O5. The van der Waals surface area contributed by atoms with E-state index >= 15 is 0 Å². The molecule has 0 radical (unpaired) electrons. The Morgan fingerprint density at radius 3 is 2.62 bits per heavy atom. The number of fused-ring (bicyclic) bond motifs is 3. The minimum Gasteiger partial charge on any atom is -0.465 e. The Kier molecular flexibility index (Phi) is 6.23. The highest BCUT2D eigenvalue weighted by Gasteiger charge is 2.46. The van der Waals surface area contributed by atoms with Crippen molar-refractivity contribution < 1.29 is 19.2 Å². The van der Waals surface area contributed by atoms with Gasteiger partial charge in [0.05, 0.1) is 29.0 Å². The Labute approximate surface area is 197 Å². The molecule has 0 bridgehead atoms. The van der Waals surface area contributed by atoms with Crippen molar-refractivity contribution in [3.8, 4) is 0 Å². The van der Waals surface area contributed by atoms with Crippen molar-refractivity contribution >= 4 is 35.0 Å². The van der Waals surface area contributed by atoms with Gasteiger partial charge >= 0.3 is 12.0 Å². The van der Waals surface area contributed by atoms with Crippen LogP contribution in [-0.4, -0.2) is 47.5 Å². The third-order valence-corrected chi connectivity index (χ3v) is 5.93. The maximum atomic E-state index is 13.9. The number of urea groups is 1. The molecule has 2 aliphatic rings. The third kappa shape index (κ3) is 3.85. The normalized spacial score (nSPS) is 17.0. The van der Waals surface area contributed by atoms with Gasteiger partial charge < -0.3 is 9.64 Å². The molecule has 2 aromatic carbocycles. The van der Waals surface area contributed by atoms with Gasteiger partial charge in [-0.1, -0.05) is 25.5 Å². The van der Waals surface area contributed by atoms with Gasteiger partial charge in [0, 0.05) is 30.3 Å². The molecule has 0 saturated heterocycles.